The quantitative estimate of drug-likeness (QED) is 0.461. The van der Waals surface area contributed by atoms with Gasteiger partial charge in [0, 0.05) is 5.02 Å². The summed E-state index contributed by atoms with van der Waals surface area (Å²) in [5.41, 5.74) is 0.324. The minimum atomic E-state index is -0.547. The highest BCUT2D eigenvalue weighted by atomic mass is 35.5. The Morgan fingerprint density at radius 2 is 2.06 bits per heavy atom. The van der Waals surface area contributed by atoms with E-state index in [0.29, 0.717) is 16.3 Å². The predicted molar refractivity (Wildman–Crippen MR) is 63.6 cm³/mol. The number of hydrogen-bond acceptors (Lipinski definition) is 4. The number of carbonyl (C=O) groups is 2. The van der Waals surface area contributed by atoms with Gasteiger partial charge in [-0.15, -0.1) is 0 Å². The van der Waals surface area contributed by atoms with E-state index in [1.54, 1.807) is 13.0 Å². The second-order valence-corrected chi connectivity index (χ2v) is 3.69. The molecular weight excluding hydrogens is 244 g/mol. The van der Waals surface area contributed by atoms with Gasteiger partial charge in [0.05, 0.1) is 19.3 Å². The number of rotatable bonds is 5. The van der Waals surface area contributed by atoms with Crippen molar-refractivity contribution in [2.24, 2.45) is 0 Å². The van der Waals surface area contributed by atoms with Crippen molar-refractivity contribution in [3.63, 3.8) is 0 Å². The summed E-state index contributed by atoms with van der Waals surface area (Å²) in [6.07, 6.45) is -0.300. The Kier molecular flexibility index (Phi) is 4.97. The van der Waals surface area contributed by atoms with Crippen molar-refractivity contribution in [1.29, 1.82) is 0 Å². The Morgan fingerprint density at radius 1 is 1.35 bits per heavy atom. The van der Waals surface area contributed by atoms with E-state index >= 15 is 0 Å². The molecule has 0 aliphatic heterocycles. The number of benzene rings is 1. The van der Waals surface area contributed by atoms with E-state index in [0.717, 1.165) is 0 Å². The van der Waals surface area contributed by atoms with E-state index in [-0.39, 0.29) is 18.8 Å². The van der Waals surface area contributed by atoms with Crippen molar-refractivity contribution in [3.05, 3.63) is 28.8 Å². The molecule has 17 heavy (non-hydrogen) atoms. The van der Waals surface area contributed by atoms with Crippen molar-refractivity contribution in [3.8, 4) is 5.75 Å². The molecule has 0 fully saturated rings. The molecule has 1 aromatic rings. The average molecular weight is 257 g/mol. The van der Waals surface area contributed by atoms with Crippen LogP contribution in [-0.4, -0.2) is 25.5 Å². The van der Waals surface area contributed by atoms with Gasteiger partial charge in [-0.05, 0) is 25.1 Å². The monoisotopic (exact) mass is 256 g/mol. The third kappa shape index (κ3) is 3.75. The largest absolute Gasteiger partial charge is 0.496 e. The van der Waals surface area contributed by atoms with Crippen LogP contribution < -0.4 is 4.74 Å². The summed E-state index contributed by atoms with van der Waals surface area (Å²) < 4.78 is 9.74. The van der Waals surface area contributed by atoms with Gasteiger partial charge >= 0.3 is 5.97 Å². The van der Waals surface area contributed by atoms with E-state index in [4.69, 9.17) is 21.1 Å². The van der Waals surface area contributed by atoms with Crippen molar-refractivity contribution in [1.82, 2.24) is 0 Å². The number of ketones is 1. The molecule has 0 unspecified atom stereocenters. The highest BCUT2D eigenvalue weighted by molar-refractivity contribution is 6.31. The van der Waals surface area contributed by atoms with Gasteiger partial charge < -0.3 is 9.47 Å². The molecule has 0 aromatic heterocycles. The second-order valence-electron chi connectivity index (χ2n) is 3.25. The minimum Gasteiger partial charge on any atom is -0.496 e. The lowest BCUT2D eigenvalue weighted by Gasteiger charge is -2.07. The van der Waals surface area contributed by atoms with Crippen LogP contribution in [0.1, 0.15) is 23.7 Å². The number of hydrogen-bond donors (Lipinski definition) is 0. The number of carbonyl (C=O) groups excluding carboxylic acids is 2. The molecular formula is C12H13ClO4. The maximum absolute atomic E-state index is 11.8. The van der Waals surface area contributed by atoms with Gasteiger partial charge in [-0.2, -0.15) is 0 Å². The molecule has 5 heteroatoms. The Bertz CT molecular complexity index is 429. The zero-order valence-electron chi connectivity index (χ0n) is 9.66. The number of halogens is 1. The smallest absolute Gasteiger partial charge is 0.313 e. The van der Waals surface area contributed by atoms with Crippen molar-refractivity contribution in [2.45, 2.75) is 13.3 Å². The Balaban J connectivity index is 2.85. The second kappa shape index (κ2) is 6.25. The molecule has 0 radical (unpaired) electrons. The molecule has 0 bridgehead atoms. The number of esters is 1. The molecule has 0 atom stereocenters. The number of ether oxygens (including phenoxy) is 2. The van der Waals surface area contributed by atoms with Gasteiger partial charge in [0.1, 0.15) is 12.2 Å². The molecule has 0 amide bonds. The van der Waals surface area contributed by atoms with E-state index in [1.807, 2.05) is 0 Å². The number of Topliss-reactive ketones (excluding diaryl/α,β-unsaturated/α-hetero) is 1. The normalized spacial score (nSPS) is 9.82. The maximum Gasteiger partial charge on any atom is 0.313 e. The fraction of sp³-hybridized carbons (Fsp3) is 0.333. The van der Waals surface area contributed by atoms with E-state index in [9.17, 15) is 9.59 Å². The first kappa shape index (κ1) is 13.5. The molecule has 1 aromatic carbocycles. The summed E-state index contributed by atoms with van der Waals surface area (Å²) in [4.78, 5) is 23.0. The van der Waals surface area contributed by atoms with Crippen LogP contribution in [0.25, 0.3) is 0 Å². The average Bonchev–Trinajstić information content (AvgIpc) is 2.28. The maximum atomic E-state index is 11.8. The van der Waals surface area contributed by atoms with Crippen LogP contribution in [0.5, 0.6) is 5.75 Å². The zero-order chi connectivity index (χ0) is 12.8. The summed E-state index contributed by atoms with van der Waals surface area (Å²) in [5, 5.41) is 0.467. The molecule has 0 saturated heterocycles. The van der Waals surface area contributed by atoms with Gasteiger partial charge in [0.2, 0.25) is 0 Å². The van der Waals surface area contributed by atoms with Crippen molar-refractivity contribution < 1.29 is 19.1 Å². The number of methoxy groups -OCH3 is 1. The molecule has 0 heterocycles. The standard InChI is InChI=1S/C12H13ClO4/c1-3-17-12(15)7-10(14)9-5-4-8(13)6-11(9)16-2/h4-6H,3,7H2,1-2H3. The lowest BCUT2D eigenvalue weighted by molar-refractivity contribution is -0.141. The summed E-state index contributed by atoms with van der Waals surface area (Å²) in [6, 6.07) is 4.63. The Labute approximate surface area is 104 Å². The zero-order valence-corrected chi connectivity index (χ0v) is 10.4. The third-order valence-corrected chi connectivity index (χ3v) is 2.31. The lowest BCUT2D eigenvalue weighted by atomic mass is 10.1. The van der Waals surface area contributed by atoms with Gasteiger partial charge in [-0.1, -0.05) is 11.6 Å². The van der Waals surface area contributed by atoms with E-state index in [1.165, 1.54) is 19.2 Å². The van der Waals surface area contributed by atoms with Crippen LogP contribution in [0.3, 0.4) is 0 Å². The fourth-order valence-corrected chi connectivity index (χ4v) is 1.50. The molecule has 1 rings (SSSR count). The molecule has 92 valence electrons. The first-order valence-corrected chi connectivity index (χ1v) is 5.48. The third-order valence-electron chi connectivity index (χ3n) is 2.07. The van der Waals surface area contributed by atoms with Crippen LogP contribution in [0.15, 0.2) is 18.2 Å². The SMILES string of the molecule is CCOC(=O)CC(=O)c1ccc(Cl)cc1OC. The fourth-order valence-electron chi connectivity index (χ4n) is 1.33. The molecule has 0 aliphatic rings. The first-order valence-electron chi connectivity index (χ1n) is 5.10. The van der Waals surface area contributed by atoms with Crippen LogP contribution in [0, 0.1) is 0 Å². The van der Waals surface area contributed by atoms with Crippen LogP contribution in [0.4, 0.5) is 0 Å². The minimum absolute atomic E-state index is 0.254. The van der Waals surface area contributed by atoms with E-state index in [2.05, 4.69) is 0 Å². The van der Waals surface area contributed by atoms with Crippen LogP contribution in [-0.2, 0) is 9.53 Å². The molecule has 0 spiro atoms. The molecule has 4 nitrogen and oxygen atoms in total. The van der Waals surface area contributed by atoms with Gasteiger partial charge in [0.15, 0.2) is 5.78 Å². The summed E-state index contributed by atoms with van der Waals surface area (Å²) in [7, 11) is 1.44. The molecule has 0 N–H and O–H groups in total. The van der Waals surface area contributed by atoms with Gasteiger partial charge in [-0.3, -0.25) is 9.59 Å². The van der Waals surface area contributed by atoms with Gasteiger partial charge in [-0.25, -0.2) is 0 Å². The lowest BCUT2D eigenvalue weighted by Crippen LogP contribution is -2.12. The van der Waals surface area contributed by atoms with E-state index < -0.39 is 5.97 Å². The Hall–Kier alpha value is -1.55. The summed E-state index contributed by atoms with van der Waals surface area (Å²) in [5.74, 6) is -0.543. The topological polar surface area (TPSA) is 52.6 Å². The highest BCUT2D eigenvalue weighted by Gasteiger charge is 2.16. The highest BCUT2D eigenvalue weighted by Crippen LogP contribution is 2.24. The molecule has 0 aliphatic carbocycles. The summed E-state index contributed by atoms with van der Waals surface area (Å²) >= 11 is 5.77. The van der Waals surface area contributed by atoms with Crippen LogP contribution >= 0.6 is 11.6 Å². The van der Waals surface area contributed by atoms with Crippen LogP contribution in [0.2, 0.25) is 5.02 Å². The Morgan fingerprint density at radius 3 is 2.65 bits per heavy atom. The first-order chi connectivity index (χ1) is 8.08. The van der Waals surface area contributed by atoms with Crippen molar-refractivity contribution >= 4 is 23.4 Å². The van der Waals surface area contributed by atoms with Crippen molar-refractivity contribution in [2.75, 3.05) is 13.7 Å². The predicted octanol–water partition coefficient (Wildman–Crippen LogP) is 2.48. The van der Waals surface area contributed by atoms with Gasteiger partial charge in [0.25, 0.3) is 0 Å². The molecule has 0 saturated carbocycles. The summed E-state index contributed by atoms with van der Waals surface area (Å²) in [6.45, 7) is 1.94.